The highest BCUT2D eigenvalue weighted by molar-refractivity contribution is 5.77. The van der Waals surface area contributed by atoms with Gasteiger partial charge in [0.15, 0.2) is 0 Å². The maximum atomic E-state index is 12.1. The maximum absolute atomic E-state index is 12.1. The monoisotopic (exact) mass is 338 g/mol. The van der Waals surface area contributed by atoms with Gasteiger partial charge in [-0.1, -0.05) is 18.7 Å². The third-order valence-electron chi connectivity index (χ3n) is 4.19. The second-order valence-corrected chi connectivity index (χ2v) is 5.87. The lowest BCUT2D eigenvalue weighted by atomic mass is 10.2. The number of nitrogens with two attached hydrogens (primary N) is 1. The first-order valence-corrected chi connectivity index (χ1v) is 8.22. The molecule has 0 saturated carbocycles. The lowest BCUT2D eigenvalue weighted by Crippen LogP contribution is -2.45. The van der Waals surface area contributed by atoms with E-state index in [0.717, 1.165) is 37.5 Å². The number of rotatable bonds is 5. The van der Waals surface area contributed by atoms with Gasteiger partial charge in [0.25, 0.3) is 5.56 Å². The Bertz CT molecular complexity index is 861. The molecular formula is C18H22N6O. The largest absolute Gasteiger partial charge is 0.405 e. The van der Waals surface area contributed by atoms with Crippen molar-refractivity contribution in [1.82, 2.24) is 19.8 Å². The molecule has 0 aliphatic carbocycles. The molecule has 3 rings (SSSR count). The summed E-state index contributed by atoms with van der Waals surface area (Å²) in [7, 11) is 0. The quantitative estimate of drug-likeness (QED) is 0.796. The zero-order valence-electron chi connectivity index (χ0n) is 14.1. The molecular weight excluding hydrogens is 316 g/mol. The van der Waals surface area contributed by atoms with Crippen LogP contribution in [-0.2, 0) is 6.54 Å². The van der Waals surface area contributed by atoms with E-state index < -0.39 is 0 Å². The number of allylic oxidation sites excluding steroid dienone is 1. The number of nitrogens with zero attached hydrogens (tertiary/aromatic N) is 4. The van der Waals surface area contributed by atoms with Gasteiger partial charge in [-0.05, 0) is 24.4 Å². The fourth-order valence-electron chi connectivity index (χ4n) is 2.85. The summed E-state index contributed by atoms with van der Waals surface area (Å²) in [5, 5.41) is 0.622. The standard InChI is InChI=1S/C18H22N6O/c1-14(20-8-4-7-19)24-11-9-23(10-12-24)13-17-21-16-6-3-2-5-15(16)18(25)22-17/h2-8H,1,9-13,19H2,(H,21,22,25)/b7-4-,20-8?. The van der Waals surface area contributed by atoms with Crippen LogP contribution in [0.1, 0.15) is 5.82 Å². The molecule has 7 nitrogen and oxygen atoms in total. The fourth-order valence-corrected chi connectivity index (χ4v) is 2.85. The third-order valence-corrected chi connectivity index (χ3v) is 4.19. The van der Waals surface area contributed by atoms with E-state index in [2.05, 4.69) is 31.3 Å². The summed E-state index contributed by atoms with van der Waals surface area (Å²) >= 11 is 0. The van der Waals surface area contributed by atoms with E-state index in [1.54, 1.807) is 18.4 Å². The molecule has 3 N–H and O–H groups in total. The molecule has 0 spiro atoms. The number of aliphatic imine (C=N–C) groups is 1. The molecule has 0 atom stereocenters. The number of piperazine rings is 1. The molecule has 0 amide bonds. The summed E-state index contributed by atoms with van der Waals surface area (Å²) in [4.78, 5) is 28.2. The molecule has 2 aromatic rings. The SMILES string of the molecule is C=C(N=C/C=C\N)N1CCN(Cc2nc3ccccc3c(=O)[nH]2)CC1. The Hall–Kier alpha value is -2.93. The minimum absolute atomic E-state index is 0.0880. The van der Waals surface area contributed by atoms with Gasteiger partial charge in [0.05, 0.1) is 17.4 Å². The minimum atomic E-state index is -0.0880. The number of nitrogens with one attached hydrogen (secondary N) is 1. The average Bonchev–Trinajstić information content (AvgIpc) is 2.62. The number of fused-ring (bicyclic) bond motifs is 1. The lowest BCUT2D eigenvalue weighted by Gasteiger charge is -2.35. The molecule has 0 bridgehead atoms. The summed E-state index contributed by atoms with van der Waals surface area (Å²) in [6.07, 6.45) is 4.74. The van der Waals surface area contributed by atoms with E-state index in [4.69, 9.17) is 5.73 Å². The summed E-state index contributed by atoms with van der Waals surface area (Å²) in [5.74, 6) is 1.43. The number of aromatic nitrogens is 2. The Labute approximate surface area is 146 Å². The smallest absolute Gasteiger partial charge is 0.258 e. The van der Waals surface area contributed by atoms with Crippen molar-refractivity contribution in [3.05, 3.63) is 65.1 Å². The fraction of sp³-hybridized carbons (Fsp3) is 0.278. The topological polar surface area (TPSA) is 90.6 Å². The molecule has 1 aliphatic heterocycles. The van der Waals surface area contributed by atoms with Crippen LogP contribution in [0.4, 0.5) is 0 Å². The molecule has 25 heavy (non-hydrogen) atoms. The molecule has 0 radical (unpaired) electrons. The van der Waals surface area contributed by atoms with E-state index in [1.165, 1.54) is 6.20 Å². The van der Waals surface area contributed by atoms with E-state index >= 15 is 0 Å². The van der Waals surface area contributed by atoms with Crippen LogP contribution in [0, 0.1) is 0 Å². The predicted molar refractivity (Wildman–Crippen MR) is 100 cm³/mol. The molecule has 1 aromatic carbocycles. The van der Waals surface area contributed by atoms with Crippen molar-refractivity contribution >= 4 is 17.1 Å². The van der Waals surface area contributed by atoms with Crippen molar-refractivity contribution in [2.45, 2.75) is 6.54 Å². The summed E-state index contributed by atoms with van der Waals surface area (Å²) in [6, 6.07) is 7.39. The summed E-state index contributed by atoms with van der Waals surface area (Å²) in [5.41, 5.74) is 5.92. The predicted octanol–water partition coefficient (Wildman–Crippen LogP) is 1.06. The highest BCUT2D eigenvalue weighted by atomic mass is 16.1. The van der Waals surface area contributed by atoms with Crippen LogP contribution in [0.5, 0.6) is 0 Å². The van der Waals surface area contributed by atoms with Gasteiger partial charge in [-0.25, -0.2) is 9.98 Å². The Morgan fingerprint density at radius 2 is 2.08 bits per heavy atom. The number of para-hydroxylation sites is 1. The van der Waals surface area contributed by atoms with Gasteiger partial charge in [-0.2, -0.15) is 0 Å². The Morgan fingerprint density at radius 3 is 2.84 bits per heavy atom. The van der Waals surface area contributed by atoms with Crippen molar-refractivity contribution in [2.75, 3.05) is 26.2 Å². The lowest BCUT2D eigenvalue weighted by molar-refractivity contribution is 0.149. The zero-order chi connectivity index (χ0) is 17.6. The third kappa shape index (κ3) is 4.13. The highest BCUT2D eigenvalue weighted by Gasteiger charge is 2.18. The van der Waals surface area contributed by atoms with Crippen LogP contribution < -0.4 is 11.3 Å². The van der Waals surface area contributed by atoms with Crippen LogP contribution in [-0.4, -0.2) is 52.2 Å². The number of benzene rings is 1. The van der Waals surface area contributed by atoms with Crippen LogP contribution in [0.3, 0.4) is 0 Å². The van der Waals surface area contributed by atoms with E-state index in [-0.39, 0.29) is 5.56 Å². The van der Waals surface area contributed by atoms with Crippen molar-refractivity contribution in [3.8, 4) is 0 Å². The normalized spacial score (nSPS) is 16.2. The number of hydrogen-bond acceptors (Lipinski definition) is 6. The average molecular weight is 338 g/mol. The molecule has 2 heterocycles. The molecule has 1 saturated heterocycles. The van der Waals surface area contributed by atoms with Crippen molar-refractivity contribution in [1.29, 1.82) is 0 Å². The van der Waals surface area contributed by atoms with Crippen molar-refractivity contribution in [2.24, 2.45) is 10.7 Å². The second-order valence-electron chi connectivity index (χ2n) is 5.87. The maximum Gasteiger partial charge on any atom is 0.258 e. The molecule has 1 aromatic heterocycles. The molecule has 1 fully saturated rings. The van der Waals surface area contributed by atoms with Gasteiger partial charge in [-0.3, -0.25) is 9.69 Å². The van der Waals surface area contributed by atoms with Gasteiger partial charge in [0, 0.05) is 32.4 Å². The number of aromatic amines is 1. The van der Waals surface area contributed by atoms with Gasteiger partial charge >= 0.3 is 0 Å². The molecule has 130 valence electrons. The first-order chi connectivity index (χ1) is 12.2. The second kappa shape index (κ2) is 7.76. The Balaban J connectivity index is 1.61. The number of H-pyrrole nitrogens is 1. The van der Waals surface area contributed by atoms with Gasteiger partial charge in [0.1, 0.15) is 11.6 Å². The Kier molecular flexibility index (Phi) is 5.25. The van der Waals surface area contributed by atoms with Crippen molar-refractivity contribution in [3.63, 3.8) is 0 Å². The first kappa shape index (κ1) is 16.9. The van der Waals surface area contributed by atoms with Crippen molar-refractivity contribution < 1.29 is 0 Å². The zero-order valence-corrected chi connectivity index (χ0v) is 14.1. The van der Waals surface area contributed by atoms with E-state index in [0.29, 0.717) is 17.8 Å². The molecule has 1 aliphatic rings. The van der Waals surface area contributed by atoms with Gasteiger partial charge in [-0.15, -0.1) is 0 Å². The Morgan fingerprint density at radius 1 is 1.32 bits per heavy atom. The van der Waals surface area contributed by atoms with Gasteiger partial charge < -0.3 is 15.6 Å². The van der Waals surface area contributed by atoms with Gasteiger partial charge in [0.2, 0.25) is 0 Å². The number of hydrogen-bond donors (Lipinski definition) is 2. The minimum Gasteiger partial charge on any atom is -0.405 e. The van der Waals surface area contributed by atoms with Crippen LogP contribution in [0.25, 0.3) is 10.9 Å². The van der Waals surface area contributed by atoms with Crippen LogP contribution in [0.15, 0.2) is 58.7 Å². The molecule has 7 heteroatoms. The summed E-state index contributed by atoms with van der Waals surface area (Å²) < 4.78 is 0. The molecule has 0 unspecified atom stereocenters. The van der Waals surface area contributed by atoms with E-state index in [9.17, 15) is 4.79 Å². The van der Waals surface area contributed by atoms with Crippen LogP contribution in [0.2, 0.25) is 0 Å². The highest BCUT2D eigenvalue weighted by Crippen LogP contribution is 2.12. The summed E-state index contributed by atoms with van der Waals surface area (Å²) in [6.45, 7) is 7.99. The van der Waals surface area contributed by atoms with E-state index in [1.807, 2.05) is 18.2 Å². The van der Waals surface area contributed by atoms with Crippen LogP contribution >= 0.6 is 0 Å². The first-order valence-electron chi connectivity index (χ1n) is 8.22.